The van der Waals surface area contributed by atoms with E-state index in [-0.39, 0.29) is 30.5 Å². The minimum atomic E-state index is -0.338. The van der Waals surface area contributed by atoms with E-state index in [4.69, 9.17) is 9.26 Å². The lowest BCUT2D eigenvalue weighted by molar-refractivity contribution is -0.123. The molecule has 27 heavy (non-hydrogen) atoms. The fourth-order valence-corrected chi connectivity index (χ4v) is 2.38. The number of amides is 2. The molecular formula is C19H26N4O4. The summed E-state index contributed by atoms with van der Waals surface area (Å²) in [5.74, 6) is 1.12. The molecule has 8 heteroatoms. The maximum absolute atomic E-state index is 12.6. The number of nitrogens with zero attached hydrogens (tertiary/aromatic N) is 3. The predicted molar refractivity (Wildman–Crippen MR) is 99.3 cm³/mol. The molecule has 1 aromatic heterocycles. The van der Waals surface area contributed by atoms with Crippen LogP contribution in [0, 0.1) is 6.92 Å². The fourth-order valence-electron chi connectivity index (χ4n) is 2.38. The maximum Gasteiger partial charge on any atom is 0.254 e. The fraction of sp³-hybridized carbons (Fsp3) is 0.474. The lowest BCUT2D eigenvalue weighted by atomic mass is 10.1. The molecule has 2 rings (SSSR count). The number of carbonyl (C=O) groups is 2. The first kappa shape index (κ1) is 20.4. The standard InChI is InChI=1S/C19H26N4O4/c1-6-23(11-17(24)21-19(3,4)5)18(25)14-7-9-15(10-8-14)26-12-16-20-13(2)27-22-16/h7-10H,6,11-12H2,1-5H3,(H,21,24). The van der Waals surface area contributed by atoms with E-state index in [2.05, 4.69) is 15.5 Å². The molecule has 2 aromatic rings. The first-order chi connectivity index (χ1) is 12.7. The lowest BCUT2D eigenvalue weighted by Gasteiger charge is -2.25. The molecule has 0 aliphatic rings. The molecule has 0 spiro atoms. The lowest BCUT2D eigenvalue weighted by Crippen LogP contribution is -2.47. The normalized spacial score (nSPS) is 11.1. The largest absolute Gasteiger partial charge is 0.485 e. The zero-order chi connectivity index (χ0) is 20.0. The van der Waals surface area contributed by atoms with Crippen LogP contribution in [0.15, 0.2) is 28.8 Å². The Bertz CT molecular complexity index is 778. The Kier molecular flexibility index (Phi) is 6.55. The van der Waals surface area contributed by atoms with Gasteiger partial charge >= 0.3 is 0 Å². The molecule has 1 N–H and O–H groups in total. The highest BCUT2D eigenvalue weighted by Gasteiger charge is 2.20. The van der Waals surface area contributed by atoms with Crippen molar-refractivity contribution in [3.8, 4) is 5.75 Å². The maximum atomic E-state index is 12.6. The highest BCUT2D eigenvalue weighted by atomic mass is 16.5. The van der Waals surface area contributed by atoms with Gasteiger partial charge in [0.1, 0.15) is 5.75 Å². The number of nitrogens with one attached hydrogen (secondary N) is 1. The molecule has 0 aliphatic carbocycles. The van der Waals surface area contributed by atoms with Gasteiger partial charge in [-0.15, -0.1) is 0 Å². The Morgan fingerprint density at radius 2 is 1.89 bits per heavy atom. The highest BCUT2D eigenvalue weighted by molar-refractivity contribution is 5.96. The van der Waals surface area contributed by atoms with Crippen molar-refractivity contribution in [1.29, 1.82) is 0 Å². The van der Waals surface area contributed by atoms with Gasteiger partial charge in [0.25, 0.3) is 5.91 Å². The Balaban J connectivity index is 1.95. The number of aromatic nitrogens is 2. The van der Waals surface area contributed by atoms with E-state index in [1.54, 1.807) is 31.2 Å². The van der Waals surface area contributed by atoms with Crippen LogP contribution in [0.4, 0.5) is 0 Å². The van der Waals surface area contributed by atoms with Crippen LogP contribution in [0.3, 0.4) is 0 Å². The van der Waals surface area contributed by atoms with E-state index in [1.165, 1.54) is 4.90 Å². The van der Waals surface area contributed by atoms with Gasteiger partial charge in [0, 0.05) is 24.6 Å². The van der Waals surface area contributed by atoms with Gasteiger partial charge in [0.15, 0.2) is 6.61 Å². The Hall–Kier alpha value is -2.90. The third kappa shape index (κ3) is 6.40. The van der Waals surface area contributed by atoms with Gasteiger partial charge in [0.05, 0.1) is 6.54 Å². The second-order valence-electron chi connectivity index (χ2n) is 7.16. The summed E-state index contributed by atoms with van der Waals surface area (Å²) in [6.45, 7) is 9.88. The number of carbonyl (C=O) groups excluding carboxylic acids is 2. The minimum Gasteiger partial charge on any atom is -0.485 e. The minimum absolute atomic E-state index is 0.0159. The number of hydrogen-bond acceptors (Lipinski definition) is 6. The van der Waals surface area contributed by atoms with Crippen molar-refractivity contribution in [1.82, 2.24) is 20.4 Å². The second-order valence-corrected chi connectivity index (χ2v) is 7.16. The number of likely N-dealkylation sites (N-methyl/N-ethyl adjacent to an activating group) is 1. The predicted octanol–water partition coefficient (Wildman–Crippen LogP) is 2.33. The SMILES string of the molecule is CCN(CC(=O)NC(C)(C)C)C(=O)c1ccc(OCc2noc(C)n2)cc1. The zero-order valence-corrected chi connectivity index (χ0v) is 16.4. The van der Waals surface area contributed by atoms with Gasteiger partial charge in [-0.25, -0.2) is 0 Å². The summed E-state index contributed by atoms with van der Waals surface area (Å²) in [6, 6.07) is 6.74. The van der Waals surface area contributed by atoms with Gasteiger partial charge < -0.3 is 19.5 Å². The van der Waals surface area contributed by atoms with Crippen LogP contribution in [-0.4, -0.2) is 45.5 Å². The van der Waals surface area contributed by atoms with Crippen molar-refractivity contribution in [2.75, 3.05) is 13.1 Å². The average Bonchev–Trinajstić information content (AvgIpc) is 3.01. The second kappa shape index (κ2) is 8.66. The van der Waals surface area contributed by atoms with Gasteiger partial charge in [0.2, 0.25) is 17.6 Å². The molecule has 0 aliphatic heterocycles. The number of benzene rings is 1. The van der Waals surface area contributed by atoms with Crippen molar-refractivity contribution < 1.29 is 18.8 Å². The highest BCUT2D eigenvalue weighted by Crippen LogP contribution is 2.15. The van der Waals surface area contributed by atoms with Gasteiger partial charge in [-0.1, -0.05) is 5.16 Å². The summed E-state index contributed by atoms with van der Waals surface area (Å²) in [4.78, 5) is 30.3. The molecular weight excluding hydrogens is 348 g/mol. The molecule has 0 saturated carbocycles. The first-order valence-electron chi connectivity index (χ1n) is 8.80. The van der Waals surface area contributed by atoms with E-state index < -0.39 is 0 Å². The quantitative estimate of drug-likeness (QED) is 0.799. The van der Waals surface area contributed by atoms with Crippen LogP contribution < -0.4 is 10.1 Å². The molecule has 8 nitrogen and oxygen atoms in total. The summed E-state index contributed by atoms with van der Waals surface area (Å²) in [7, 11) is 0. The van der Waals surface area contributed by atoms with Crippen molar-refractivity contribution in [3.05, 3.63) is 41.5 Å². The Morgan fingerprint density at radius 1 is 1.22 bits per heavy atom. The van der Waals surface area contributed by atoms with E-state index in [1.807, 2.05) is 27.7 Å². The molecule has 146 valence electrons. The topological polar surface area (TPSA) is 97.6 Å². The molecule has 0 radical (unpaired) electrons. The van der Waals surface area contributed by atoms with Crippen molar-refractivity contribution in [2.45, 2.75) is 46.8 Å². The van der Waals surface area contributed by atoms with Crippen molar-refractivity contribution >= 4 is 11.8 Å². The molecule has 1 aromatic carbocycles. The van der Waals surface area contributed by atoms with Crippen molar-refractivity contribution in [3.63, 3.8) is 0 Å². The Labute approximate surface area is 158 Å². The molecule has 0 unspecified atom stereocenters. The molecule has 0 atom stereocenters. The summed E-state index contributed by atoms with van der Waals surface area (Å²) in [6.07, 6.45) is 0. The number of rotatable bonds is 7. The molecule has 0 fully saturated rings. The summed E-state index contributed by atoms with van der Waals surface area (Å²) in [5, 5.41) is 6.62. The van der Waals surface area contributed by atoms with Gasteiger partial charge in [-0.2, -0.15) is 4.98 Å². The van der Waals surface area contributed by atoms with E-state index in [9.17, 15) is 9.59 Å². The van der Waals surface area contributed by atoms with Crippen LogP contribution in [0.5, 0.6) is 5.75 Å². The zero-order valence-electron chi connectivity index (χ0n) is 16.4. The third-order valence-corrected chi connectivity index (χ3v) is 3.56. The van der Waals surface area contributed by atoms with Crippen LogP contribution in [-0.2, 0) is 11.4 Å². The summed E-state index contributed by atoms with van der Waals surface area (Å²) < 4.78 is 10.5. The number of hydrogen-bond donors (Lipinski definition) is 1. The van der Waals surface area contributed by atoms with Crippen LogP contribution in [0.25, 0.3) is 0 Å². The molecule has 1 heterocycles. The molecule has 2 amide bonds. The van der Waals surface area contributed by atoms with Gasteiger partial charge in [-0.05, 0) is 52.0 Å². The smallest absolute Gasteiger partial charge is 0.254 e. The molecule has 0 bridgehead atoms. The van der Waals surface area contributed by atoms with Crippen LogP contribution in [0.1, 0.15) is 49.8 Å². The van der Waals surface area contributed by atoms with Crippen LogP contribution in [0.2, 0.25) is 0 Å². The summed E-state index contributed by atoms with van der Waals surface area (Å²) >= 11 is 0. The number of aryl methyl sites for hydroxylation is 1. The molecule has 0 saturated heterocycles. The third-order valence-electron chi connectivity index (χ3n) is 3.56. The summed E-state index contributed by atoms with van der Waals surface area (Å²) in [5.41, 5.74) is 0.152. The van der Waals surface area contributed by atoms with E-state index in [0.717, 1.165) is 0 Å². The van der Waals surface area contributed by atoms with Crippen molar-refractivity contribution in [2.24, 2.45) is 0 Å². The first-order valence-corrected chi connectivity index (χ1v) is 8.80. The van der Waals surface area contributed by atoms with Gasteiger partial charge in [-0.3, -0.25) is 9.59 Å². The Morgan fingerprint density at radius 3 is 2.41 bits per heavy atom. The van der Waals surface area contributed by atoms with Crippen LogP contribution >= 0.6 is 0 Å². The number of ether oxygens (including phenoxy) is 1. The van der Waals surface area contributed by atoms with E-state index >= 15 is 0 Å². The monoisotopic (exact) mass is 374 g/mol. The average molecular weight is 374 g/mol. The van der Waals surface area contributed by atoms with E-state index in [0.29, 0.717) is 29.6 Å².